The number of aryl methyl sites for hydroxylation is 1. The Morgan fingerprint density at radius 3 is 2.91 bits per heavy atom. The first kappa shape index (κ1) is 13.8. The van der Waals surface area contributed by atoms with Crippen LogP contribution < -0.4 is 0 Å². The van der Waals surface area contributed by atoms with Crippen molar-refractivity contribution in [1.82, 2.24) is 4.90 Å². The summed E-state index contributed by atoms with van der Waals surface area (Å²) >= 11 is 0. The molecule has 3 heterocycles. The van der Waals surface area contributed by atoms with Crippen LogP contribution in [0.5, 0.6) is 0 Å². The van der Waals surface area contributed by atoms with Gasteiger partial charge in [-0.1, -0.05) is 18.2 Å². The number of carbonyl (C=O) groups is 1. The smallest absolute Gasteiger partial charge is 0.223 e. The van der Waals surface area contributed by atoms with Gasteiger partial charge in [0.25, 0.3) is 0 Å². The monoisotopic (exact) mass is 299 g/mol. The molecule has 2 saturated heterocycles. The van der Waals surface area contributed by atoms with Gasteiger partial charge in [0.1, 0.15) is 11.3 Å². The average molecular weight is 299 g/mol. The molecule has 1 spiro atoms. The summed E-state index contributed by atoms with van der Waals surface area (Å²) in [6.07, 6.45) is 2.65. The first-order chi connectivity index (χ1) is 10.7. The summed E-state index contributed by atoms with van der Waals surface area (Å²) in [4.78, 5) is 14.3. The third kappa shape index (κ3) is 2.22. The third-order valence-corrected chi connectivity index (χ3v) is 5.21. The number of hydrogen-bond donors (Lipinski definition) is 0. The number of benzene rings is 1. The highest BCUT2D eigenvalue weighted by Gasteiger charge is 2.41. The second-order valence-corrected chi connectivity index (χ2v) is 6.70. The molecule has 0 radical (unpaired) electrons. The van der Waals surface area contributed by atoms with Crippen molar-refractivity contribution in [3.63, 3.8) is 0 Å². The standard InChI is InChI=1S/C18H21NO3/c1-13-14-4-2-3-5-15(14)22-16(13)10-19-11-18(7-6-17(19)20)8-9-21-12-18/h2-5H,6-12H2,1H3. The van der Waals surface area contributed by atoms with E-state index in [4.69, 9.17) is 9.15 Å². The van der Waals surface area contributed by atoms with Crippen molar-refractivity contribution in [3.8, 4) is 0 Å². The van der Waals surface area contributed by atoms with E-state index in [1.807, 2.05) is 23.1 Å². The zero-order chi connectivity index (χ0) is 15.2. The fraction of sp³-hybridized carbons (Fsp3) is 0.500. The highest BCUT2D eigenvalue weighted by atomic mass is 16.5. The minimum Gasteiger partial charge on any atom is -0.459 e. The van der Waals surface area contributed by atoms with Crippen molar-refractivity contribution < 1.29 is 13.9 Å². The van der Waals surface area contributed by atoms with Crippen molar-refractivity contribution in [2.75, 3.05) is 19.8 Å². The summed E-state index contributed by atoms with van der Waals surface area (Å²) in [5.41, 5.74) is 2.22. The number of ether oxygens (including phenoxy) is 1. The highest BCUT2D eigenvalue weighted by Crippen LogP contribution is 2.39. The summed E-state index contributed by atoms with van der Waals surface area (Å²) in [5, 5.41) is 1.14. The zero-order valence-electron chi connectivity index (χ0n) is 12.9. The molecule has 1 aromatic carbocycles. The van der Waals surface area contributed by atoms with E-state index in [2.05, 4.69) is 13.0 Å². The first-order valence-electron chi connectivity index (χ1n) is 7.99. The zero-order valence-corrected chi connectivity index (χ0v) is 12.9. The van der Waals surface area contributed by atoms with E-state index in [1.54, 1.807) is 0 Å². The second kappa shape index (κ2) is 5.13. The molecule has 0 bridgehead atoms. The van der Waals surface area contributed by atoms with E-state index in [0.29, 0.717) is 13.0 Å². The van der Waals surface area contributed by atoms with Crippen LogP contribution in [0, 0.1) is 12.3 Å². The Morgan fingerprint density at radius 1 is 1.27 bits per heavy atom. The molecule has 1 aromatic heterocycles. The normalized spacial score (nSPS) is 25.5. The van der Waals surface area contributed by atoms with Crippen LogP contribution in [-0.4, -0.2) is 30.6 Å². The molecule has 22 heavy (non-hydrogen) atoms. The SMILES string of the molecule is Cc1c(CN2CC3(CCOC3)CCC2=O)oc2ccccc12. The van der Waals surface area contributed by atoms with Crippen LogP contribution in [0.1, 0.15) is 30.6 Å². The largest absolute Gasteiger partial charge is 0.459 e. The van der Waals surface area contributed by atoms with Crippen LogP contribution in [0.4, 0.5) is 0 Å². The fourth-order valence-electron chi connectivity index (χ4n) is 3.77. The minimum atomic E-state index is 0.174. The van der Waals surface area contributed by atoms with E-state index < -0.39 is 0 Å². The molecular weight excluding hydrogens is 278 g/mol. The predicted molar refractivity (Wildman–Crippen MR) is 83.5 cm³/mol. The Kier molecular flexibility index (Phi) is 3.22. The van der Waals surface area contributed by atoms with Crippen LogP contribution >= 0.6 is 0 Å². The lowest BCUT2D eigenvalue weighted by atomic mass is 9.79. The van der Waals surface area contributed by atoms with Gasteiger partial charge in [-0.15, -0.1) is 0 Å². The quantitative estimate of drug-likeness (QED) is 0.854. The molecule has 4 rings (SSSR count). The van der Waals surface area contributed by atoms with Gasteiger partial charge in [0.2, 0.25) is 5.91 Å². The molecule has 2 aromatic rings. The highest BCUT2D eigenvalue weighted by molar-refractivity contribution is 5.82. The van der Waals surface area contributed by atoms with Gasteiger partial charge in [-0.05, 0) is 25.8 Å². The molecule has 0 aliphatic carbocycles. The van der Waals surface area contributed by atoms with Crippen LogP contribution in [0.2, 0.25) is 0 Å². The Bertz CT molecular complexity index is 712. The molecule has 116 valence electrons. The number of hydrogen-bond acceptors (Lipinski definition) is 3. The van der Waals surface area contributed by atoms with Gasteiger partial charge in [0.05, 0.1) is 13.2 Å². The maximum Gasteiger partial charge on any atom is 0.223 e. The number of rotatable bonds is 2. The lowest BCUT2D eigenvalue weighted by Gasteiger charge is -2.38. The van der Waals surface area contributed by atoms with Crippen molar-refractivity contribution >= 4 is 16.9 Å². The van der Waals surface area contributed by atoms with Gasteiger partial charge in [0, 0.05) is 35.9 Å². The van der Waals surface area contributed by atoms with Crippen LogP contribution in [-0.2, 0) is 16.1 Å². The van der Waals surface area contributed by atoms with Crippen molar-refractivity contribution in [2.24, 2.45) is 5.41 Å². The lowest BCUT2D eigenvalue weighted by Crippen LogP contribution is -2.46. The topological polar surface area (TPSA) is 42.7 Å². The molecule has 4 nitrogen and oxygen atoms in total. The fourth-order valence-corrected chi connectivity index (χ4v) is 3.77. The number of fused-ring (bicyclic) bond motifs is 1. The van der Waals surface area contributed by atoms with Crippen LogP contribution in [0.25, 0.3) is 11.0 Å². The Morgan fingerprint density at radius 2 is 2.14 bits per heavy atom. The van der Waals surface area contributed by atoms with Gasteiger partial charge in [-0.25, -0.2) is 0 Å². The molecule has 4 heteroatoms. The number of nitrogens with zero attached hydrogens (tertiary/aromatic N) is 1. The maximum absolute atomic E-state index is 12.3. The van der Waals surface area contributed by atoms with Gasteiger partial charge in [0.15, 0.2) is 0 Å². The first-order valence-corrected chi connectivity index (χ1v) is 7.99. The number of piperidine rings is 1. The molecule has 1 amide bonds. The van der Waals surface area contributed by atoms with Crippen molar-refractivity contribution in [3.05, 3.63) is 35.6 Å². The Balaban J connectivity index is 1.60. The van der Waals surface area contributed by atoms with E-state index in [-0.39, 0.29) is 11.3 Å². The average Bonchev–Trinajstić information content (AvgIpc) is 3.10. The Hall–Kier alpha value is -1.81. The minimum absolute atomic E-state index is 0.174. The second-order valence-electron chi connectivity index (χ2n) is 6.70. The Labute approximate surface area is 130 Å². The van der Waals surface area contributed by atoms with Crippen molar-refractivity contribution in [1.29, 1.82) is 0 Å². The van der Waals surface area contributed by atoms with Gasteiger partial charge >= 0.3 is 0 Å². The molecule has 1 atom stereocenters. The summed E-state index contributed by atoms with van der Waals surface area (Å²) in [5.74, 6) is 1.14. The molecule has 0 N–H and O–H groups in total. The van der Waals surface area contributed by atoms with Crippen LogP contribution in [0.15, 0.2) is 28.7 Å². The van der Waals surface area contributed by atoms with Gasteiger partial charge in [-0.2, -0.15) is 0 Å². The molecule has 1 unspecified atom stereocenters. The van der Waals surface area contributed by atoms with Gasteiger partial charge in [-0.3, -0.25) is 4.79 Å². The molecule has 2 aliphatic heterocycles. The van der Waals surface area contributed by atoms with Gasteiger partial charge < -0.3 is 14.1 Å². The predicted octanol–water partition coefficient (Wildman–Crippen LogP) is 3.27. The van der Waals surface area contributed by atoms with E-state index in [9.17, 15) is 4.79 Å². The lowest BCUT2D eigenvalue weighted by molar-refractivity contribution is -0.138. The van der Waals surface area contributed by atoms with Crippen molar-refractivity contribution in [2.45, 2.75) is 32.7 Å². The summed E-state index contributed by atoms with van der Waals surface area (Å²) in [6, 6.07) is 8.05. The van der Waals surface area contributed by atoms with Crippen LogP contribution in [0.3, 0.4) is 0 Å². The van der Waals surface area contributed by atoms with E-state index >= 15 is 0 Å². The molecular formula is C18H21NO3. The summed E-state index contributed by atoms with van der Waals surface area (Å²) < 4.78 is 11.6. The molecule has 0 saturated carbocycles. The van der Waals surface area contributed by atoms with E-state index in [1.165, 1.54) is 0 Å². The van der Waals surface area contributed by atoms with E-state index in [0.717, 1.165) is 54.9 Å². The number of para-hydroxylation sites is 1. The maximum atomic E-state index is 12.3. The number of carbonyl (C=O) groups excluding carboxylic acids is 1. The summed E-state index contributed by atoms with van der Waals surface area (Å²) in [7, 11) is 0. The number of likely N-dealkylation sites (tertiary alicyclic amines) is 1. The molecule has 2 aliphatic rings. The molecule has 2 fully saturated rings. The summed E-state index contributed by atoms with van der Waals surface area (Å²) in [6.45, 7) is 5.05. The number of furan rings is 1. The third-order valence-electron chi connectivity index (χ3n) is 5.21. The number of amides is 1.